The molecule has 1 atom stereocenters. The molecule has 18 heavy (non-hydrogen) atoms. The highest BCUT2D eigenvalue weighted by atomic mass is 14.9. The van der Waals surface area contributed by atoms with Crippen LogP contribution in [0.15, 0.2) is 12.8 Å². The van der Waals surface area contributed by atoms with E-state index in [-0.39, 0.29) is 0 Å². The molecule has 0 heterocycles. The normalized spacial score (nSPS) is 10.3. The quantitative estimate of drug-likeness (QED) is 0.453. The zero-order valence-corrected chi connectivity index (χ0v) is 14.0. The second kappa shape index (κ2) is 25.4. The van der Waals surface area contributed by atoms with Gasteiger partial charge in [-0.3, -0.25) is 0 Å². The molecule has 1 N–H and O–H groups in total. The van der Waals surface area contributed by atoms with Gasteiger partial charge < -0.3 is 5.32 Å². The van der Waals surface area contributed by atoms with Crippen LogP contribution in [0.4, 0.5) is 0 Å². The highest BCUT2D eigenvalue weighted by Gasteiger charge is 1.97. The summed E-state index contributed by atoms with van der Waals surface area (Å²) in [6, 6.07) is 0.600. The van der Waals surface area contributed by atoms with Gasteiger partial charge in [0.1, 0.15) is 0 Å². The predicted molar refractivity (Wildman–Crippen MR) is 88.1 cm³/mol. The second-order valence-electron chi connectivity index (χ2n) is 4.18. The molecule has 0 fully saturated rings. The molecule has 1 heteroatoms. The topological polar surface area (TPSA) is 12.0 Å². The minimum Gasteiger partial charge on any atom is -0.389 e. The number of rotatable bonds is 10. The molecule has 0 saturated heterocycles. The molecule has 0 aromatic rings. The van der Waals surface area contributed by atoms with Crippen molar-refractivity contribution in [3.05, 3.63) is 12.8 Å². The Morgan fingerprint density at radius 2 is 1.33 bits per heavy atom. The molecule has 0 aliphatic rings. The molecular formula is C17H39N. The smallest absolute Gasteiger partial charge is 0.0227 e. The van der Waals surface area contributed by atoms with Crippen LogP contribution >= 0.6 is 0 Å². The van der Waals surface area contributed by atoms with E-state index in [0.717, 1.165) is 0 Å². The summed E-state index contributed by atoms with van der Waals surface area (Å²) in [5.74, 6) is 0. The molecule has 0 aromatic heterocycles. The number of hydrogen-bond donors (Lipinski definition) is 1. The van der Waals surface area contributed by atoms with Crippen LogP contribution in [0.1, 0.15) is 92.9 Å². The third kappa shape index (κ3) is 24.7. The Bertz CT molecular complexity index is 121. The van der Waals surface area contributed by atoms with E-state index in [4.69, 9.17) is 0 Å². The molecule has 1 nitrogen and oxygen atoms in total. The van der Waals surface area contributed by atoms with E-state index in [2.05, 4.69) is 25.7 Å². The Morgan fingerprint density at radius 1 is 0.889 bits per heavy atom. The lowest BCUT2D eigenvalue weighted by atomic mass is 10.1. The third-order valence-electron chi connectivity index (χ3n) is 2.64. The van der Waals surface area contributed by atoms with Crippen molar-refractivity contribution in [2.75, 3.05) is 0 Å². The fraction of sp³-hybridized carbons (Fsp3) is 0.882. The maximum atomic E-state index is 3.67. The van der Waals surface area contributed by atoms with Gasteiger partial charge in [-0.1, -0.05) is 86.1 Å². The molecule has 0 aromatic carbocycles. The van der Waals surface area contributed by atoms with Crippen molar-refractivity contribution < 1.29 is 0 Å². The molecule has 0 saturated carbocycles. The zero-order chi connectivity index (χ0) is 14.6. The zero-order valence-electron chi connectivity index (χ0n) is 14.0. The van der Waals surface area contributed by atoms with Gasteiger partial charge in [0.05, 0.1) is 0 Å². The van der Waals surface area contributed by atoms with E-state index >= 15 is 0 Å². The van der Waals surface area contributed by atoms with Crippen LogP contribution < -0.4 is 5.32 Å². The molecule has 0 aliphatic heterocycles. The van der Waals surface area contributed by atoms with Crippen LogP contribution in [0.25, 0.3) is 0 Å². The van der Waals surface area contributed by atoms with Crippen LogP contribution in [0.5, 0.6) is 0 Å². The Kier molecular flexibility index (Phi) is 32.0. The van der Waals surface area contributed by atoms with Crippen LogP contribution in [0.3, 0.4) is 0 Å². The van der Waals surface area contributed by atoms with E-state index in [0.29, 0.717) is 6.04 Å². The maximum Gasteiger partial charge on any atom is 0.0227 e. The monoisotopic (exact) mass is 257 g/mol. The summed E-state index contributed by atoms with van der Waals surface area (Å²) in [7, 11) is 0. The van der Waals surface area contributed by atoms with Gasteiger partial charge in [0.15, 0.2) is 0 Å². The van der Waals surface area contributed by atoms with Crippen molar-refractivity contribution >= 4 is 0 Å². The van der Waals surface area contributed by atoms with Gasteiger partial charge in [0.25, 0.3) is 0 Å². The average molecular weight is 258 g/mol. The van der Waals surface area contributed by atoms with Gasteiger partial charge >= 0.3 is 0 Å². The summed E-state index contributed by atoms with van der Waals surface area (Å²) in [5, 5.41) is 3.22. The first-order valence-corrected chi connectivity index (χ1v) is 8.18. The maximum absolute atomic E-state index is 3.67. The van der Waals surface area contributed by atoms with Crippen molar-refractivity contribution in [3.8, 4) is 0 Å². The van der Waals surface area contributed by atoms with E-state index in [1.54, 1.807) is 6.20 Å². The first-order chi connectivity index (χ1) is 8.81. The molecule has 0 spiro atoms. The highest BCUT2D eigenvalue weighted by Crippen LogP contribution is 2.09. The molecule has 0 radical (unpaired) electrons. The summed E-state index contributed by atoms with van der Waals surface area (Å²) >= 11 is 0. The summed E-state index contributed by atoms with van der Waals surface area (Å²) in [6.07, 6.45) is 12.9. The molecule has 0 rings (SSSR count). The molecular weight excluding hydrogens is 218 g/mol. The van der Waals surface area contributed by atoms with E-state index in [9.17, 15) is 0 Å². The summed E-state index contributed by atoms with van der Waals surface area (Å²) in [6.45, 7) is 16.2. The number of hydrogen-bond acceptors (Lipinski definition) is 1. The van der Waals surface area contributed by atoms with Gasteiger partial charge in [0, 0.05) is 6.04 Å². The highest BCUT2D eigenvalue weighted by molar-refractivity contribution is 4.69. The van der Waals surface area contributed by atoms with Gasteiger partial charge in [-0.25, -0.2) is 0 Å². The Balaban J connectivity index is -0.000000506. The van der Waals surface area contributed by atoms with E-state index < -0.39 is 0 Å². The van der Waals surface area contributed by atoms with Gasteiger partial charge in [0.2, 0.25) is 0 Å². The van der Waals surface area contributed by atoms with Crippen molar-refractivity contribution in [2.24, 2.45) is 0 Å². The van der Waals surface area contributed by atoms with Crippen LogP contribution in [0, 0.1) is 0 Å². The van der Waals surface area contributed by atoms with Crippen molar-refractivity contribution in [3.63, 3.8) is 0 Å². The summed E-state index contributed by atoms with van der Waals surface area (Å²) < 4.78 is 0. The number of unbranched alkanes of at least 4 members (excludes halogenated alkanes) is 6. The summed E-state index contributed by atoms with van der Waals surface area (Å²) in [5.41, 5.74) is 0. The Hall–Kier alpha value is -0.460. The van der Waals surface area contributed by atoms with Crippen molar-refractivity contribution in [1.82, 2.24) is 5.32 Å². The SMILES string of the molecule is C=CNC(C)CCCCCCCCC.CC.CC. The van der Waals surface area contributed by atoms with Crippen LogP contribution in [-0.2, 0) is 0 Å². The minimum absolute atomic E-state index is 0.600. The lowest BCUT2D eigenvalue weighted by molar-refractivity contribution is 0.518. The van der Waals surface area contributed by atoms with Gasteiger partial charge in [-0.2, -0.15) is 0 Å². The van der Waals surface area contributed by atoms with E-state index in [1.165, 1.54) is 51.4 Å². The van der Waals surface area contributed by atoms with Gasteiger partial charge in [-0.05, 0) is 19.5 Å². The lowest BCUT2D eigenvalue weighted by Crippen LogP contribution is -2.19. The average Bonchev–Trinajstić information content (AvgIpc) is 2.43. The lowest BCUT2D eigenvalue weighted by Gasteiger charge is -2.10. The fourth-order valence-corrected chi connectivity index (χ4v) is 1.69. The molecule has 112 valence electrons. The van der Waals surface area contributed by atoms with Crippen molar-refractivity contribution in [1.29, 1.82) is 0 Å². The van der Waals surface area contributed by atoms with E-state index in [1.807, 2.05) is 27.7 Å². The molecule has 0 amide bonds. The predicted octanol–water partition coefficient (Wildman–Crippen LogP) is 6.30. The Labute approximate surface area is 117 Å². The largest absolute Gasteiger partial charge is 0.389 e. The second-order valence-corrected chi connectivity index (χ2v) is 4.18. The molecule has 0 bridgehead atoms. The fourth-order valence-electron chi connectivity index (χ4n) is 1.69. The third-order valence-corrected chi connectivity index (χ3v) is 2.64. The van der Waals surface area contributed by atoms with Crippen LogP contribution in [0.2, 0.25) is 0 Å². The Morgan fingerprint density at radius 3 is 1.78 bits per heavy atom. The van der Waals surface area contributed by atoms with Crippen LogP contribution in [-0.4, -0.2) is 6.04 Å². The minimum atomic E-state index is 0.600. The molecule has 0 aliphatic carbocycles. The number of nitrogens with one attached hydrogen (secondary N) is 1. The first kappa shape index (κ1) is 22.7. The van der Waals surface area contributed by atoms with Crippen molar-refractivity contribution in [2.45, 2.75) is 99.0 Å². The first-order valence-electron chi connectivity index (χ1n) is 8.18. The standard InChI is InChI=1S/C13H27N.2C2H6/c1-4-6-7-8-9-10-11-12-13(3)14-5-2;2*1-2/h5,13-14H,2,4,6-12H2,1,3H3;2*1-2H3. The molecule has 1 unspecified atom stereocenters. The van der Waals surface area contributed by atoms with Gasteiger partial charge in [-0.15, -0.1) is 0 Å². The summed E-state index contributed by atoms with van der Waals surface area (Å²) in [4.78, 5) is 0.